The Morgan fingerprint density at radius 1 is 1.47 bits per heavy atom. The molecule has 0 bridgehead atoms. The molecule has 0 rings (SSSR count). The van der Waals surface area contributed by atoms with Crippen LogP contribution in [-0.2, 0) is 4.79 Å². The fourth-order valence-corrected chi connectivity index (χ4v) is 1.72. The summed E-state index contributed by atoms with van der Waals surface area (Å²) in [5.41, 5.74) is 0. The molecular formula is C11H22N2O3S. The summed E-state index contributed by atoms with van der Waals surface area (Å²) in [6.07, 6.45) is 2.95. The quantitative estimate of drug-likeness (QED) is 0.650. The lowest BCUT2D eigenvalue weighted by atomic mass is 10.2. The number of carbonyl (C=O) groups excluding carboxylic acids is 1. The van der Waals surface area contributed by atoms with E-state index in [1.165, 1.54) is 4.90 Å². The first-order valence-corrected chi connectivity index (χ1v) is 7.16. The molecule has 0 aromatic rings. The van der Waals surface area contributed by atoms with Crippen LogP contribution in [0.15, 0.2) is 0 Å². The Labute approximate surface area is 107 Å². The average Bonchev–Trinajstić information content (AvgIpc) is 2.30. The molecule has 0 radical (unpaired) electrons. The highest BCUT2D eigenvalue weighted by molar-refractivity contribution is 7.98. The van der Waals surface area contributed by atoms with Crippen molar-refractivity contribution in [3.8, 4) is 0 Å². The van der Waals surface area contributed by atoms with Gasteiger partial charge in [0.15, 0.2) is 0 Å². The summed E-state index contributed by atoms with van der Waals surface area (Å²) in [5.74, 6) is -0.400. The minimum absolute atomic E-state index is 0.179. The third-order valence-electron chi connectivity index (χ3n) is 2.39. The maximum Gasteiger partial charge on any atom is 0.317 e. The first-order valence-electron chi connectivity index (χ1n) is 5.77. The van der Waals surface area contributed by atoms with E-state index in [0.29, 0.717) is 13.1 Å². The number of hydrogen-bond donors (Lipinski definition) is 2. The van der Waals surface area contributed by atoms with E-state index in [9.17, 15) is 9.59 Å². The Balaban J connectivity index is 3.99. The molecule has 0 aliphatic heterocycles. The van der Waals surface area contributed by atoms with E-state index in [0.717, 1.165) is 12.2 Å². The van der Waals surface area contributed by atoms with Gasteiger partial charge in [0, 0.05) is 19.6 Å². The topological polar surface area (TPSA) is 69.6 Å². The number of thioether (sulfide) groups is 1. The van der Waals surface area contributed by atoms with Gasteiger partial charge in [-0.2, -0.15) is 11.8 Å². The summed E-state index contributed by atoms with van der Waals surface area (Å²) >= 11 is 1.74. The SMILES string of the molecule is CCN(CC(C)C(=O)O)C(=O)NCCCSC. The van der Waals surface area contributed by atoms with E-state index in [-0.39, 0.29) is 12.6 Å². The van der Waals surface area contributed by atoms with Crippen molar-refractivity contribution in [2.45, 2.75) is 20.3 Å². The van der Waals surface area contributed by atoms with Gasteiger partial charge in [0.25, 0.3) is 0 Å². The van der Waals surface area contributed by atoms with Crippen molar-refractivity contribution in [2.75, 3.05) is 31.6 Å². The van der Waals surface area contributed by atoms with Gasteiger partial charge in [0.1, 0.15) is 0 Å². The second kappa shape index (κ2) is 9.15. The summed E-state index contributed by atoms with van der Waals surface area (Å²) in [6.45, 7) is 4.85. The lowest BCUT2D eigenvalue weighted by Crippen LogP contribution is -2.43. The van der Waals surface area contributed by atoms with Crippen molar-refractivity contribution in [3.63, 3.8) is 0 Å². The molecule has 2 N–H and O–H groups in total. The van der Waals surface area contributed by atoms with Crippen LogP contribution in [0, 0.1) is 5.92 Å². The van der Waals surface area contributed by atoms with Crippen molar-refractivity contribution in [3.05, 3.63) is 0 Å². The Hall–Kier alpha value is -0.910. The maximum absolute atomic E-state index is 11.7. The van der Waals surface area contributed by atoms with Gasteiger partial charge in [-0.15, -0.1) is 0 Å². The van der Waals surface area contributed by atoms with E-state index >= 15 is 0 Å². The molecule has 0 aliphatic rings. The van der Waals surface area contributed by atoms with Crippen LogP contribution in [0.5, 0.6) is 0 Å². The zero-order chi connectivity index (χ0) is 13.3. The van der Waals surface area contributed by atoms with Gasteiger partial charge in [0.05, 0.1) is 5.92 Å². The second-order valence-corrected chi connectivity index (χ2v) is 4.84. The summed E-state index contributed by atoms with van der Waals surface area (Å²) in [4.78, 5) is 23.9. The van der Waals surface area contributed by atoms with Gasteiger partial charge < -0.3 is 15.3 Å². The van der Waals surface area contributed by atoms with Crippen LogP contribution in [0.25, 0.3) is 0 Å². The minimum atomic E-state index is -0.876. The third kappa shape index (κ3) is 7.10. The predicted octanol–water partition coefficient (Wildman–Crippen LogP) is 1.49. The number of nitrogens with zero attached hydrogens (tertiary/aromatic N) is 1. The van der Waals surface area contributed by atoms with Gasteiger partial charge >= 0.3 is 12.0 Å². The smallest absolute Gasteiger partial charge is 0.317 e. The molecule has 1 atom stereocenters. The molecule has 0 fully saturated rings. The zero-order valence-electron chi connectivity index (χ0n) is 10.7. The fraction of sp³-hybridized carbons (Fsp3) is 0.818. The van der Waals surface area contributed by atoms with Crippen LogP contribution >= 0.6 is 11.8 Å². The van der Waals surface area contributed by atoms with Gasteiger partial charge in [-0.05, 0) is 25.4 Å². The second-order valence-electron chi connectivity index (χ2n) is 3.86. The largest absolute Gasteiger partial charge is 0.481 e. The molecule has 0 saturated carbocycles. The number of urea groups is 1. The number of carboxylic acids is 1. The number of aliphatic carboxylic acids is 1. The number of rotatable bonds is 8. The van der Waals surface area contributed by atoms with E-state index in [1.807, 2.05) is 13.2 Å². The van der Waals surface area contributed by atoms with Crippen LogP contribution in [-0.4, -0.2) is 53.6 Å². The molecule has 0 heterocycles. The Morgan fingerprint density at radius 3 is 2.59 bits per heavy atom. The predicted molar refractivity (Wildman–Crippen MR) is 70.4 cm³/mol. The van der Waals surface area contributed by atoms with Crippen molar-refractivity contribution in [2.24, 2.45) is 5.92 Å². The third-order valence-corrected chi connectivity index (χ3v) is 3.08. The molecule has 2 amide bonds. The lowest BCUT2D eigenvalue weighted by molar-refractivity contribution is -0.141. The standard InChI is InChI=1S/C11H22N2O3S/c1-4-13(8-9(2)10(14)15)11(16)12-6-5-7-17-3/h9H,4-8H2,1-3H3,(H,12,16)(H,14,15). The first-order chi connectivity index (χ1) is 8.02. The molecule has 0 spiro atoms. The van der Waals surface area contributed by atoms with Gasteiger partial charge in [0.2, 0.25) is 0 Å². The lowest BCUT2D eigenvalue weighted by Gasteiger charge is -2.23. The number of hydrogen-bond acceptors (Lipinski definition) is 3. The van der Waals surface area contributed by atoms with E-state index < -0.39 is 11.9 Å². The Morgan fingerprint density at radius 2 is 2.12 bits per heavy atom. The molecular weight excluding hydrogens is 240 g/mol. The minimum Gasteiger partial charge on any atom is -0.481 e. The van der Waals surface area contributed by atoms with Crippen molar-refractivity contribution >= 4 is 23.8 Å². The van der Waals surface area contributed by atoms with Crippen LogP contribution in [0.2, 0.25) is 0 Å². The summed E-state index contributed by atoms with van der Waals surface area (Å²) in [6, 6.07) is -0.179. The highest BCUT2D eigenvalue weighted by Crippen LogP contribution is 2.01. The van der Waals surface area contributed by atoms with Gasteiger partial charge in [-0.1, -0.05) is 6.92 Å². The molecule has 0 saturated heterocycles. The van der Waals surface area contributed by atoms with E-state index in [4.69, 9.17) is 5.11 Å². The number of amides is 2. The van der Waals surface area contributed by atoms with Crippen molar-refractivity contribution in [1.29, 1.82) is 0 Å². The number of carbonyl (C=O) groups is 2. The Kier molecular flexibility index (Phi) is 8.66. The maximum atomic E-state index is 11.7. The average molecular weight is 262 g/mol. The molecule has 6 heteroatoms. The van der Waals surface area contributed by atoms with Crippen LogP contribution in [0.3, 0.4) is 0 Å². The molecule has 0 aromatic carbocycles. The summed E-state index contributed by atoms with van der Waals surface area (Å²) in [5, 5.41) is 11.6. The van der Waals surface area contributed by atoms with Crippen molar-refractivity contribution < 1.29 is 14.7 Å². The summed E-state index contributed by atoms with van der Waals surface area (Å²) < 4.78 is 0. The zero-order valence-corrected chi connectivity index (χ0v) is 11.5. The highest BCUT2D eigenvalue weighted by atomic mass is 32.2. The molecule has 17 heavy (non-hydrogen) atoms. The molecule has 1 unspecified atom stereocenters. The van der Waals surface area contributed by atoms with Gasteiger partial charge in [-0.25, -0.2) is 4.79 Å². The van der Waals surface area contributed by atoms with Crippen LogP contribution in [0.1, 0.15) is 20.3 Å². The normalized spacial score (nSPS) is 11.9. The highest BCUT2D eigenvalue weighted by Gasteiger charge is 2.18. The monoisotopic (exact) mass is 262 g/mol. The first kappa shape index (κ1) is 16.1. The van der Waals surface area contributed by atoms with Crippen molar-refractivity contribution in [1.82, 2.24) is 10.2 Å². The van der Waals surface area contributed by atoms with E-state index in [2.05, 4.69) is 5.32 Å². The van der Waals surface area contributed by atoms with Crippen LogP contribution in [0.4, 0.5) is 4.79 Å². The molecule has 0 aromatic heterocycles. The fourth-order valence-electron chi connectivity index (χ4n) is 1.29. The van der Waals surface area contributed by atoms with Crippen LogP contribution < -0.4 is 5.32 Å². The summed E-state index contributed by atoms with van der Waals surface area (Å²) in [7, 11) is 0. The molecule has 0 aliphatic carbocycles. The molecule has 5 nitrogen and oxygen atoms in total. The van der Waals surface area contributed by atoms with E-state index in [1.54, 1.807) is 18.7 Å². The van der Waals surface area contributed by atoms with Gasteiger partial charge in [-0.3, -0.25) is 4.79 Å². The number of nitrogens with one attached hydrogen (secondary N) is 1. The number of carboxylic acid groups (broad SMARTS) is 1. The molecule has 100 valence electrons. The Bertz CT molecular complexity index is 249.